The molecule has 0 radical (unpaired) electrons. The molecule has 0 atom stereocenters. The molecule has 1 rings (SSSR count). The van der Waals surface area contributed by atoms with Gasteiger partial charge in [0.2, 0.25) is 5.91 Å². The summed E-state index contributed by atoms with van der Waals surface area (Å²) in [6.45, 7) is 4.42. The van der Waals surface area contributed by atoms with Crippen molar-refractivity contribution in [3.05, 3.63) is 0 Å². The lowest BCUT2D eigenvalue weighted by molar-refractivity contribution is -0.143. The van der Waals surface area contributed by atoms with Gasteiger partial charge in [-0.3, -0.25) is 9.59 Å². The van der Waals surface area contributed by atoms with Crippen molar-refractivity contribution in [2.75, 3.05) is 6.54 Å². The number of hydrogen-bond acceptors (Lipinski definition) is 2. The van der Waals surface area contributed by atoms with Crippen LogP contribution in [0.3, 0.4) is 0 Å². The molecule has 0 aromatic carbocycles. The molecule has 0 aliphatic heterocycles. The van der Waals surface area contributed by atoms with Crippen LogP contribution in [0.2, 0.25) is 0 Å². The van der Waals surface area contributed by atoms with E-state index in [1.165, 1.54) is 0 Å². The number of rotatable bonds is 6. The van der Waals surface area contributed by atoms with E-state index in [4.69, 9.17) is 5.11 Å². The van der Waals surface area contributed by atoms with Gasteiger partial charge in [-0.2, -0.15) is 0 Å². The first-order valence-corrected chi connectivity index (χ1v) is 5.46. The molecule has 0 aromatic rings. The number of hydrogen-bond donors (Lipinski definition) is 2. The van der Waals surface area contributed by atoms with Gasteiger partial charge in [-0.15, -0.1) is 0 Å². The third kappa shape index (κ3) is 3.53. The van der Waals surface area contributed by atoms with E-state index < -0.39 is 11.4 Å². The highest BCUT2D eigenvalue weighted by atomic mass is 16.4. The Labute approximate surface area is 90.0 Å². The smallest absolute Gasteiger partial charge is 0.311 e. The second kappa shape index (κ2) is 4.64. The van der Waals surface area contributed by atoms with E-state index in [-0.39, 0.29) is 5.91 Å². The van der Waals surface area contributed by atoms with Crippen molar-refractivity contribution in [2.45, 2.75) is 39.5 Å². The van der Waals surface area contributed by atoms with Gasteiger partial charge in [-0.1, -0.05) is 13.8 Å². The largest absolute Gasteiger partial charge is 0.481 e. The van der Waals surface area contributed by atoms with Crippen molar-refractivity contribution in [3.8, 4) is 0 Å². The van der Waals surface area contributed by atoms with Gasteiger partial charge in [0, 0.05) is 13.0 Å². The second-order valence-corrected chi connectivity index (χ2v) is 4.79. The highest BCUT2D eigenvalue weighted by Gasteiger charge is 2.50. The van der Waals surface area contributed by atoms with Crippen molar-refractivity contribution < 1.29 is 14.7 Å². The van der Waals surface area contributed by atoms with Crippen molar-refractivity contribution in [1.29, 1.82) is 0 Å². The predicted octanol–water partition coefficient (Wildman–Crippen LogP) is 1.40. The number of carbonyl (C=O) groups excluding carboxylic acids is 1. The van der Waals surface area contributed by atoms with Crippen LogP contribution in [0.5, 0.6) is 0 Å². The van der Waals surface area contributed by atoms with Crippen molar-refractivity contribution in [1.82, 2.24) is 5.32 Å². The summed E-state index contributed by atoms with van der Waals surface area (Å²) in [7, 11) is 0. The van der Waals surface area contributed by atoms with Crippen LogP contribution in [-0.2, 0) is 9.59 Å². The summed E-state index contributed by atoms with van der Waals surface area (Å²) in [5, 5.41) is 11.6. The van der Waals surface area contributed by atoms with Crippen LogP contribution >= 0.6 is 0 Å². The Bertz CT molecular complexity index is 257. The fraction of sp³-hybridized carbons (Fsp3) is 0.818. The molecule has 0 aromatic heterocycles. The predicted molar refractivity (Wildman–Crippen MR) is 56.4 cm³/mol. The number of nitrogens with one attached hydrogen (secondary N) is 1. The fourth-order valence-corrected chi connectivity index (χ4v) is 1.39. The number of carbonyl (C=O) groups is 2. The first kappa shape index (κ1) is 12.0. The molecule has 4 heteroatoms. The monoisotopic (exact) mass is 213 g/mol. The van der Waals surface area contributed by atoms with Crippen molar-refractivity contribution in [2.24, 2.45) is 11.3 Å². The third-order valence-electron chi connectivity index (χ3n) is 2.88. The van der Waals surface area contributed by atoms with Crippen LogP contribution < -0.4 is 5.32 Å². The summed E-state index contributed by atoms with van der Waals surface area (Å²) in [6, 6.07) is 0. The normalized spacial score (nSPS) is 17.5. The average Bonchev–Trinajstić information content (AvgIpc) is 2.92. The molecule has 2 N–H and O–H groups in total. The molecule has 0 unspecified atom stereocenters. The zero-order valence-corrected chi connectivity index (χ0v) is 9.38. The van der Waals surface area contributed by atoms with Crippen molar-refractivity contribution in [3.63, 3.8) is 0 Å². The lowest BCUT2D eigenvalue weighted by Crippen LogP contribution is -2.34. The van der Waals surface area contributed by atoms with Gasteiger partial charge < -0.3 is 10.4 Å². The minimum atomic E-state index is -0.786. The lowest BCUT2D eigenvalue weighted by atomic mass is 10.1. The number of amides is 1. The first-order valence-electron chi connectivity index (χ1n) is 5.46. The maximum atomic E-state index is 11.3. The molecule has 1 amide bonds. The van der Waals surface area contributed by atoms with Crippen LogP contribution in [0.4, 0.5) is 0 Å². The lowest BCUT2D eigenvalue weighted by Gasteiger charge is -2.11. The number of carboxylic acids is 1. The van der Waals surface area contributed by atoms with Gasteiger partial charge in [-0.25, -0.2) is 0 Å². The number of aliphatic carboxylic acids is 1. The molecular weight excluding hydrogens is 194 g/mol. The van der Waals surface area contributed by atoms with E-state index in [1.54, 1.807) is 0 Å². The van der Waals surface area contributed by atoms with E-state index in [0.717, 1.165) is 6.42 Å². The Morgan fingerprint density at radius 3 is 2.40 bits per heavy atom. The van der Waals surface area contributed by atoms with E-state index in [9.17, 15) is 9.59 Å². The Balaban J connectivity index is 2.20. The van der Waals surface area contributed by atoms with E-state index in [2.05, 4.69) is 19.2 Å². The Hall–Kier alpha value is -1.06. The van der Waals surface area contributed by atoms with E-state index in [1.807, 2.05) is 0 Å². The molecule has 0 spiro atoms. The highest BCUT2D eigenvalue weighted by molar-refractivity contribution is 5.80. The SMILES string of the molecule is CC(C)CCC(=O)NCC1(C(=O)O)CC1. The van der Waals surface area contributed by atoms with Crippen LogP contribution in [0.1, 0.15) is 39.5 Å². The summed E-state index contributed by atoms with van der Waals surface area (Å²) in [5.74, 6) is -0.312. The molecule has 1 fully saturated rings. The van der Waals surface area contributed by atoms with Gasteiger partial charge in [-0.05, 0) is 25.2 Å². The molecule has 1 aliphatic rings. The van der Waals surface area contributed by atoms with Crippen LogP contribution in [0, 0.1) is 11.3 Å². The summed E-state index contributed by atoms with van der Waals surface area (Å²) in [5.41, 5.74) is -0.645. The highest BCUT2D eigenvalue weighted by Crippen LogP contribution is 2.45. The standard InChI is InChI=1S/C11H19NO3/c1-8(2)3-4-9(13)12-7-11(5-6-11)10(14)15/h8H,3-7H2,1-2H3,(H,12,13)(H,14,15). The molecule has 4 nitrogen and oxygen atoms in total. The van der Waals surface area contributed by atoms with Gasteiger partial charge in [0.05, 0.1) is 5.41 Å². The van der Waals surface area contributed by atoms with E-state index in [0.29, 0.717) is 31.7 Å². The van der Waals surface area contributed by atoms with E-state index >= 15 is 0 Å². The molecule has 1 aliphatic carbocycles. The molecular formula is C11H19NO3. The summed E-state index contributed by atoms with van der Waals surface area (Å²) in [6.07, 6.45) is 2.72. The molecule has 86 valence electrons. The Morgan fingerprint density at radius 1 is 1.40 bits per heavy atom. The maximum absolute atomic E-state index is 11.3. The zero-order valence-electron chi connectivity index (χ0n) is 9.38. The zero-order chi connectivity index (χ0) is 11.5. The van der Waals surface area contributed by atoms with Gasteiger partial charge >= 0.3 is 5.97 Å². The minimum Gasteiger partial charge on any atom is -0.481 e. The Morgan fingerprint density at radius 2 is 2.00 bits per heavy atom. The topological polar surface area (TPSA) is 66.4 Å². The first-order chi connectivity index (χ1) is 6.96. The fourth-order valence-electron chi connectivity index (χ4n) is 1.39. The molecule has 0 heterocycles. The molecule has 0 bridgehead atoms. The molecule has 15 heavy (non-hydrogen) atoms. The van der Waals surface area contributed by atoms with Crippen molar-refractivity contribution >= 4 is 11.9 Å². The Kier molecular flexibility index (Phi) is 3.72. The number of carboxylic acid groups (broad SMARTS) is 1. The third-order valence-corrected chi connectivity index (χ3v) is 2.88. The molecule has 1 saturated carbocycles. The van der Waals surface area contributed by atoms with Crippen LogP contribution in [0.15, 0.2) is 0 Å². The van der Waals surface area contributed by atoms with Gasteiger partial charge in [0.25, 0.3) is 0 Å². The van der Waals surface area contributed by atoms with Gasteiger partial charge in [0.1, 0.15) is 0 Å². The minimum absolute atomic E-state index is 0.0313. The summed E-state index contributed by atoms with van der Waals surface area (Å²) in [4.78, 5) is 22.2. The van der Waals surface area contributed by atoms with Crippen LogP contribution in [0.25, 0.3) is 0 Å². The summed E-state index contributed by atoms with van der Waals surface area (Å²) < 4.78 is 0. The van der Waals surface area contributed by atoms with Gasteiger partial charge in [0.15, 0.2) is 0 Å². The molecule has 0 saturated heterocycles. The summed E-state index contributed by atoms with van der Waals surface area (Å²) >= 11 is 0. The second-order valence-electron chi connectivity index (χ2n) is 4.79. The van der Waals surface area contributed by atoms with Crippen LogP contribution in [-0.4, -0.2) is 23.5 Å². The maximum Gasteiger partial charge on any atom is 0.311 e. The average molecular weight is 213 g/mol. The quantitative estimate of drug-likeness (QED) is 0.701.